The maximum absolute atomic E-state index is 11.2. The molecule has 5 rings (SSSR count). The summed E-state index contributed by atoms with van der Waals surface area (Å²) in [6.07, 6.45) is 5.59. The summed E-state index contributed by atoms with van der Waals surface area (Å²) in [5, 5.41) is 14.6. The van der Waals surface area contributed by atoms with Crippen LogP contribution in [0.2, 0.25) is 0 Å². The number of hydrogen-bond donors (Lipinski definition) is 1. The van der Waals surface area contributed by atoms with Crippen molar-refractivity contribution in [1.29, 1.82) is 0 Å². The fourth-order valence-electron chi connectivity index (χ4n) is 5.90. The molecule has 46 heavy (non-hydrogen) atoms. The number of carbonyl (C=O) groups is 1. The molecule has 3 nitrogen and oxygen atoms in total. The number of benzene rings is 3. The van der Waals surface area contributed by atoms with Gasteiger partial charge in [-0.25, -0.2) is 0 Å². The molecule has 0 aliphatic rings. The summed E-state index contributed by atoms with van der Waals surface area (Å²) in [5.74, 6) is 1.65. The zero-order chi connectivity index (χ0) is 33.1. The average molecular weight is 860 g/mol. The third-order valence-electron chi connectivity index (χ3n) is 7.94. The third kappa shape index (κ3) is 9.29. The second-order valence-electron chi connectivity index (χ2n) is 14.7. The van der Waals surface area contributed by atoms with Gasteiger partial charge in [0.2, 0.25) is 0 Å². The van der Waals surface area contributed by atoms with Crippen molar-refractivity contribution in [3.63, 3.8) is 0 Å². The first-order valence-electron chi connectivity index (χ1n) is 16.3. The fraction of sp³-hybridized carbons (Fsp3) is 0.415. The first kappa shape index (κ1) is 37.9. The van der Waals surface area contributed by atoms with E-state index in [9.17, 15) is 9.90 Å². The Labute approximate surface area is 296 Å². The first-order valence-corrected chi connectivity index (χ1v) is 18.0. The number of aliphatic hydroxyl groups excluding tert-OH is 1. The molecule has 0 saturated heterocycles. The Balaban J connectivity index is 0.000000352. The van der Waals surface area contributed by atoms with Gasteiger partial charge in [-0.3, -0.25) is 4.79 Å². The summed E-state index contributed by atoms with van der Waals surface area (Å²) < 4.78 is 2.95. The third-order valence-corrected chi connectivity index (χ3v) is 10.8. The molecule has 5 heteroatoms. The Morgan fingerprint density at radius 3 is 2.17 bits per heavy atom. The van der Waals surface area contributed by atoms with Crippen molar-refractivity contribution in [2.45, 2.75) is 93.9 Å². The van der Waals surface area contributed by atoms with Crippen LogP contribution in [0, 0.1) is 30.7 Å². The van der Waals surface area contributed by atoms with Crippen LogP contribution in [-0.2, 0) is 36.7 Å². The molecule has 0 aliphatic heterocycles. The monoisotopic (exact) mass is 861 g/mol. The van der Waals surface area contributed by atoms with Crippen LogP contribution in [0.15, 0.2) is 66.6 Å². The first-order chi connectivity index (χ1) is 21.1. The summed E-state index contributed by atoms with van der Waals surface area (Å²) in [7, 11) is 0. The maximum Gasteiger partial charge on any atom is 0 e. The van der Waals surface area contributed by atoms with Crippen molar-refractivity contribution in [2.75, 3.05) is 0 Å². The number of allylic oxidation sites excluding steroid dienone is 2. The molecule has 247 valence electrons. The van der Waals surface area contributed by atoms with Crippen LogP contribution < -0.4 is 0 Å². The zero-order valence-corrected chi connectivity index (χ0v) is 33.3. The molecule has 1 radical (unpaired) electrons. The number of ketones is 1. The molecule has 0 unspecified atom stereocenters. The molecule has 0 spiro atoms. The van der Waals surface area contributed by atoms with Gasteiger partial charge in [-0.1, -0.05) is 27.7 Å². The van der Waals surface area contributed by atoms with Crippen molar-refractivity contribution in [3.05, 3.63) is 89.3 Å². The van der Waals surface area contributed by atoms with Crippen LogP contribution in [0.1, 0.15) is 91.8 Å². The number of hydrogen-bond acceptors (Lipinski definition) is 3. The topological polar surface area (TPSA) is 50.2 Å². The van der Waals surface area contributed by atoms with E-state index in [4.69, 9.17) is 4.98 Å². The van der Waals surface area contributed by atoms with E-state index in [2.05, 4.69) is 96.1 Å². The molecule has 3 aromatic carbocycles. The largest absolute Gasteiger partial charge is 0 e. The minimum atomic E-state index is 0. The molecule has 0 aliphatic carbocycles. The molecule has 5 aromatic rings. The van der Waals surface area contributed by atoms with E-state index in [0.29, 0.717) is 30.6 Å². The van der Waals surface area contributed by atoms with Crippen LogP contribution >= 0.6 is 0 Å². The van der Waals surface area contributed by atoms with Crippen molar-refractivity contribution in [2.24, 2.45) is 17.8 Å². The quantitative estimate of drug-likeness (QED) is 0.0732. The number of aromatic nitrogens is 1. The van der Waals surface area contributed by atoms with E-state index in [1.54, 1.807) is 0 Å². The molecular weight excluding hydrogens is 810 g/mol. The van der Waals surface area contributed by atoms with Gasteiger partial charge in [0, 0.05) is 39.0 Å². The van der Waals surface area contributed by atoms with E-state index in [1.165, 1.54) is 52.8 Å². The Morgan fingerprint density at radius 1 is 0.891 bits per heavy atom. The van der Waals surface area contributed by atoms with Crippen molar-refractivity contribution in [1.82, 2.24) is 4.98 Å². The molecule has 0 amide bonds. The van der Waals surface area contributed by atoms with E-state index in [0.717, 1.165) is 17.7 Å². The van der Waals surface area contributed by atoms with Gasteiger partial charge in [-0.2, -0.15) is 0 Å². The molecule has 1 N–H and O–H groups in total. The minimum Gasteiger partial charge on any atom is 0 e. The molecule has 0 bridgehead atoms. The standard InChI is InChI=1S/C30H30NSe.C11H20O2.Ir/c1-18(2)15-20-11-12-24-25-13-14-31-27(29(25)32-28(24)19(20)3)22-16-21-9-7-8-10-23(21)26(17-22)30(4,5)6;1-8(2)5-10(12)7-11(13)6-9(3)4;/h7-14,17-18H,15H2,1-6H3;7-9,12H,5-6H2,1-4H3;/q-1;;/b;10-7-;. The SMILES string of the molecule is CC(C)CC(=O)/C=C(\O)CC(C)C.Cc1c(CC(C)C)ccc2c1[se]c1c(-c3[c-]c4ccccc4c(C(C)(C)C)c3)nccc12.[Ir]. The van der Waals surface area contributed by atoms with Gasteiger partial charge < -0.3 is 5.11 Å². The second kappa shape index (κ2) is 16.0. The van der Waals surface area contributed by atoms with Gasteiger partial charge in [0.25, 0.3) is 0 Å². The Hall–Kier alpha value is -2.55. The minimum absolute atomic E-state index is 0. The number of nitrogens with zero attached hydrogens (tertiary/aromatic N) is 1. The zero-order valence-electron chi connectivity index (χ0n) is 29.2. The molecular formula is C41H50IrNO2Se-. The molecule has 0 atom stereocenters. The van der Waals surface area contributed by atoms with E-state index in [-0.39, 0.29) is 51.6 Å². The van der Waals surface area contributed by atoms with Crippen LogP contribution in [0.5, 0.6) is 0 Å². The normalized spacial score (nSPS) is 12.2. The molecule has 2 aromatic heterocycles. The van der Waals surface area contributed by atoms with Crippen molar-refractivity contribution < 1.29 is 30.0 Å². The summed E-state index contributed by atoms with van der Waals surface area (Å²) in [4.78, 5) is 16.1. The molecule has 2 heterocycles. The van der Waals surface area contributed by atoms with Gasteiger partial charge in [0.05, 0.1) is 5.76 Å². The number of carbonyl (C=O) groups excluding carboxylic acids is 1. The van der Waals surface area contributed by atoms with Gasteiger partial charge in [0.15, 0.2) is 5.78 Å². The van der Waals surface area contributed by atoms with Gasteiger partial charge in [-0.15, -0.1) is 0 Å². The smallest absolute Gasteiger partial charge is 0 e. The molecule has 0 fully saturated rings. The second-order valence-corrected chi connectivity index (χ2v) is 16.8. The van der Waals surface area contributed by atoms with E-state index < -0.39 is 0 Å². The summed E-state index contributed by atoms with van der Waals surface area (Å²) in [6.45, 7) is 21.8. The van der Waals surface area contributed by atoms with Crippen molar-refractivity contribution >= 4 is 50.4 Å². The van der Waals surface area contributed by atoms with Gasteiger partial charge in [0.1, 0.15) is 0 Å². The fourth-order valence-corrected chi connectivity index (χ4v) is 8.67. The van der Waals surface area contributed by atoms with Crippen molar-refractivity contribution in [3.8, 4) is 11.3 Å². The van der Waals surface area contributed by atoms with E-state index >= 15 is 0 Å². The Morgan fingerprint density at radius 2 is 1.54 bits per heavy atom. The predicted octanol–water partition coefficient (Wildman–Crippen LogP) is 11.0. The van der Waals surface area contributed by atoms with Crippen LogP contribution in [-0.4, -0.2) is 30.4 Å². The van der Waals surface area contributed by atoms with Crippen LogP contribution in [0.4, 0.5) is 0 Å². The molecule has 0 saturated carbocycles. The predicted molar refractivity (Wildman–Crippen MR) is 195 cm³/mol. The van der Waals surface area contributed by atoms with Crippen LogP contribution in [0.3, 0.4) is 0 Å². The number of rotatable bonds is 8. The Kier molecular flexibility index (Phi) is 13.2. The average Bonchev–Trinajstić information content (AvgIpc) is 3.32. The summed E-state index contributed by atoms with van der Waals surface area (Å²) in [6, 6.07) is 21.6. The van der Waals surface area contributed by atoms with Crippen LogP contribution in [0.25, 0.3) is 41.3 Å². The number of fused-ring (bicyclic) bond motifs is 4. The number of aryl methyl sites for hydroxylation is 1. The number of aliphatic hydroxyl groups is 1. The van der Waals surface area contributed by atoms with Gasteiger partial charge in [-0.05, 0) is 11.8 Å². The summed E-state index contributed by atoms with van der Waals surface area (Å²) >= 11 is 0.257. The maximum atomic E-state index is 11.2. The number of pyridine rings is 1. The Bertz CT molecular complexity index is 1840. The van der Waals surface area contributed by atoms with E-state index in [1.807, 2.05) is 33.9 Å². The summed E-state index contributed by atoms with van der Waals surface area (Å²) in [5.41, 5.74) is 6.63. The van der Waals surface area contributed by atoms with Gasteiger partial charge >= 0.3 is 198 Å².